The van der Waals surface area contributed by atoms with Gasteiger partial charge >= 0.3 is 6.18 Å². The summed E-state index contributed by atoms with van der Waals surface area (Å²) in [5, 5.41) is 0. The summed E-state index contributed by atoms with van der Waals surface area (Å²) in [7, 11) is 0. The van der Waals surface area contributed by atoms with Crippen LogP contribution in [0.1, 0.15) is 19.8 Å². The molecule has 0 aliphatic carbocycles. The first-order valence-corrected chi connectivity index (χ1v) is 6.10. The Kier molecular flexibility index (Phi) is 5.40. The van der Waals surface area contributed by atoms with E-state index < -0.39 is 12.7 Å². The molecule has 1 atom stereocenters. The lowest BCUT2D eigenvalue weighted by atomic mass is 10.2. The van der Waals surface area contributed by atoms with Crippen LogP contribution in [0.3, 0.4) is 0 Å². The van der Waals surface area contributed by atoms with Crippen LogP contribution >= 0.6 is 0 Å². The topological polar surface area (TPSA) is 49.6 Å². The lowest BCUT2D eigenvalue weighted by Crippen LogP contribution is -2.39. The molecule has 7 heteroatoms. The van der Waals surface area contributed by atoms with E-state index in [1.807, 2.05) is 0 Å². The van der Waals surface area contributed by atoms with Crippen molar-refractivity contribution >= 4 is 5.91 Å². The summed E-state index contributed by atoms with van der Waals surface area (Å²) in [6, 6.07) is -0.216. The average Bonchev–Trinajstić information content (AvgIpc) is 2.39. The molecular weight excluding hydrogens is 247 g/mol. The van der Waals surface area contributed by atoms with Gasteiger partial charge in [-0.15, -0.1) is 0 Å². The van der Waals surface area contributed by atoms with Gasteiger partial charge in [0.05, 0.1) is 6.54 Å². The van der Waals surface area contributed by atoms with Crippen LogP contribution in [0.15, 0.2) is 0 Å². The van der Waals surface area contributed by atoms with E-state index in [-0.39, 0.29) is 24.9 Å². The van der Waals surface area contributed by atoms with Gasteiger partial charge in [-0.2, -0.15) is 13.2 Å². The highest BCUT2D eigenvalue weighted by atomic mass is 19.4. The monoisotopic (exact) mass is 267 g/mol. The predicted octanol–water partition coefficient (Wildman–Crippen LogP) is 0.820. The molecular formula is C11H20F3N3O. The maximum Gasteiger partial charge on any atom is 0.401 e. The van der Waals surface area contributed by atoms with E-state index in [9.17, 15) is 18.0 Å². The molecule has 106 valence electrons. The third-order valence-corrected chi connectivity index (χ3v) is 2.84. The molecule has 2 N–H and O–H groups in total. The fourth-order valence-corrected chi connectivity index (χ4v) is 2.04. The van der Waals surface area contributed by atoms with E-state index in [2.05, 4.69) is 0 Å². The summed E-state index contributed by atoms with van der Waals surface area (Å²) in [5.41, 5.74) is 5.54. The molecule has 1 heterocycles. The average molecular weight is 267 g/mol. The smallest absolute Gasteiger partial charge is 0.341 e. The molecule has 0 spiro atoms. The second kappa shape index (κ2) is 6.38. The Balaban J connectivity index is 2.43. The Labute approximate surface area is 105 Å². The zero-order valence-corrected chi connectivity index (χ0v) is 10.5. The first-order chi connectivity index (χ1) is 8.28. The molecule has 0 aromatic heterocycles. The number of carbonyl (C=O) groups excluding carboxylic acids is 1. The maximum atomic E-state index is 12.3. The summed E-state index contributed by atoms with van der Waals surface area (Å²) >= 11 is 0. The zero-order valence-electron chi connectivity index (χ0n) is 10.5. The van der Waals surface area contributed by atoms with Crippen LogP contribution < -0.4 is 5.73 Å². The first-order valence-electron chi connectivity index (χ1n) is 6.10. The summed E-state index contributed by atoms with van der Waals surface area (Å²) in [5.74, 6) is -0.0705. The van der Waals surface area contributed by atoms with Crippen molar-refractivity contribution in [1.29, 1.82) is 0 Å². The lowest BCUT2D eigenvalue weighted by molar-refractivity contribution is -0.145. The minimum Gasteiger partial charge on any atom is -0.341 e. The predicted molar refractivity (Wildman–Crippen MR) is 62.0 cm³/mol. The van der Waals surface area contributed by atoms with Gasteiger partial charge in [0.15, 0.2) is 0 Å². The first kappa shape index (κ1) is 15.2. The number of nitrogens with zero attached hydrogens (tertiary/aromatic N) is 2. The number of carbonyl (C=O) groups is 1. The quantitative estimate of drug-likeness (QED) is 0.823. The van der Waals surface area contributed by atoms with Crippen LogP contribution in [0.2, 0.25) is 0 Å². The Bertz CT molecular complexity index is 281. The van der Waals surface area contributed by atoms with Gasteiger partial charge in [-0.1, -0.05) is 0 Å². The SMILES string of the molecule is CC(N)CC(=O)N1CCCN(CC(F)(F)F)CC1. The molecule has 1 aliphatic rings. The maximum absolute atomic E-state index is 12.3. The zero-order chi connectivity index (χ0) is 13.8. The third kappa shape index (κ3) is 5.68. The van der Waals surface area contributed by atoms with Crippen molar-refractivity contribution in [3.8, 4) is 0 Å². The molecule has 1 aliphatic heterocycles. The molecule has 0 aromatic rings. The van der Waals surface area contributed by atoms with E-state index in [0.717, 1.165) is 0 Å². The van der Waals surface area contributed by atoms with Crippen molar-refractivity contribution < 1.29 is 18.0 Å². The van der Waals surface area contributed by atoms with E-state index in [4.69, 9.17) is 5.73 Å². The fraction of sp³-hybridized carbons (Fsp3) is 0.909. The van der Waals surface area contributed by atoms with Crippen molar-refractivity contribution in [2.75, 3.05) is 32.7 Å². The van der Waals surface area contributed by atoms with Crippen LogP contribution in [0, 0.1) is 0 Å². The Morgan fingerprint density at radius 1 is 1.28 bits per heavy atom. The van der Waals surface area contributed by atoms with E-state index in [1.165, 1.54) is 4.90 Å². The Hall–Kier alpha value is -0.820. The summed E-state index contributed by atoms with van der Waals surface area (Å²) in [4.78, 5) is 14.7. The summed E-state index contributed by atoms with van der Waals surface area (Å²) in [6.07, 6.45) is -3.36. The highest BCUT2D eigenvalue weighted by Gasteiger charge is 2.31. The lowest BCUT2D eigenvalue weighted by Gasteiger charge is -2.23. The second-order valence-corrected chi connectivity index (χ2v) is 4.81. The van der Waals surface area contributed by atoms with Gasteiger partial charge in [0, 0.05) is 38.6 Å². The van der Waals surface area contributed by atoms with Crippen LogP contribution in [0.5, 0.6) is 0 Å². The van der Waals surface area contributed by atoms with Crippen LogP contribution in [0.25, 0.3) is 0 Å². The highest BCUT2D eigenvalue weighted by Crippen LogP contribution is 2.17. The van der Waals surface area contributed by atoms with Gasteiger partial charge in [0.2, 0.25) is 5.91 Å². The second-order valence-electron chi connectivity index (χ2n) is 4.81. The third-order valence-electron chi connectivity index (χ3n) is 2.84. The number of halogens is 3. The molecule has 1 saturated heterocycles. The number of hydrogen-bond donors (Lipinski definition) is 1. The van der Waals surface area contributed by atoms with Gasteiger partial charge in [-0.3, -0.25) is 9.69 Å². The number of hydrogen-bond acceptors (Lipinski definition) is 3. The number of rotatable bonds is 3. The number of nitrogens with two attached hydrogens (primary N) is 1. The van der Waals surface area contributed by atoms with Crippen molar-refractivity contribution in [2.45, 2.75) is 32.0 Å². The molecule has 0 aromatic carbocycles. The molecule has 0 bridgehead atoms. The van der Waals surface area contributed by atoms with Gasteiger partial charge in [0.25, 0.3) is 0 Å². The Morgan fingerprint density at radius 3 is 2.50 bits per heavy atom. The molecule has 1 unspecified atom stereocenters. The van der Waals surface area contributed by atoms with Crippen molar-refractivity contribution in [3.63, 3.8) is 0 Å². The summed E-state index contributed by atoms with van der Waals surface area (Å²) < 4.78 is 36.8. The van der Waals surface area contributed by atoms with Crippen LogP contribution in [-0.4, -0.2) is 60.6 Å². The normalized spacial score (nSPS) is 20.6. The van der Waals surface area contributed by atoms with Gasteiger partial charge in [-0.25, -0.2) is 0 Å². The molecule has 18 heavy (non-hydrogen) atoms. The van der Waals surface area contributed by atoms with Crippen molar-refractivity contribution in [1.82, 2.24) is 9.80 Å². The number of alkyl halides is 3. The van der Waals surface area contributed by atoms with Gasteiger partial charge in [0.1, 0.15) is 0 Å². The van der Waals surface area contributed by atoms with E-state index >= 15 is 0 Å². The molecule has 1 fully saturated rings. The van der Waals surface area contributed by atoms with Crippen molar-refractivity contribution in [3.05, 3.63) is 0 Å². The molecule has 1 amide bonds. The molecule has 4 nitrogen and oxygen atoms in total. The standard InChI is InChI=1S/C11H20F3N3O/c1-9(15)7-10(18)17-4-2-3-16(5-6-17)8-11(12,13)14/h9H,2-8,15H2,1H3. The minimum atomic E-state index is -4.18. The fourth-order valence-electron chi connectivity index (χ4n) is 2.04. The molecule has 0 saturated carbocycles. The van der Waals surface area contributed by atoms with Gasteiger partial charge < -0.3 is 10.6 Å². The highest BCUT2D eigenvalue weighted by molar-refractivity contribution is 5.76. The van der Waals surface area contributed by atoms with E-state index in [1.54, 1.807) is 11.8 Å². The largest absolute Gasteiger partial charge is 0.401 e. The number of amides is 1. The van der Waals surface area contributed by atoms with Crippen LogP contribution in [0.4, 0.5) is 13.2 Å². The molecule has 0 radical (unpaired) electrons. The van der Waals surface area contributed by atoms with Gasteiger partial charge in [-0.05, 0) is 13.3 Å². The summed E-state index contributed by atoms with van der Waals surface area (Å²) in [6.45, 7) is 2.35. The Morgan fingerprint density at radius 2 is 1.94 bits per heavy atom. The van der Waals surface area contributed by atoms with Crippen molar-refractivity contribution in [2.24, 2.45) is 5.73 Å². The van der Waals surface area contributed by atoms with E-state index in [0.29, 0.717) is 26.1 Å². The minimum absolute atomic E-state index is 0.0705. The molecule has 1 rings (SSSR count). The van der Waals surface area contributed by atoms with Crippen LogP contribution in [-0.2, 0) is 4.79 Å².